The maximum Gasteiger partial charge on any atom is 0.201 e. The van der Waals surface area contributed by atoms with Gasteiger partial charge in [-0.15, -0.1) is 0 Å². The third-order valence-electron chi connectivity index (χ3n) is 3.83. The van der Waals surface area contributed by atoms with Gasteiger partial charge in [-0.1, -0.05) is 44.4 Å². The molecule has 1 aromatic heterocycles. The second-order valence-corrected chi connectivity index (χ2v) is 5.17. The highest BCUT2D eigenvalue weighted by molar-refractivity contribution is 6.35. The number of hydrogen-bond acceptors (Lipinski definition) is 2. The highest BCUT2D eigenvalue weighted by Crippen LogP contribution is 2.33. The molecule has 18 heavy (non-hydrogen) atoms. The molecule has 1 atom stereocenters. The van der Waals surface area contributed by atoms with Gasteiger partial charge in [-0.2, -0.15) is 0 Å². The van der Waals surface area contributed by atoms with Gasteiger partial charge in [0, 0.05) is 6.04 Å². The molecule has 1 aromatic carbocycles. The Labute approximate surface area is 113 Å². The lowest BCUT2D eigenvalue weighted by molar-refractivity contribution is 0.342. The topological polar surface area (TPSA) is 43.8 Å². The van der Waals surface area contributed by atoms with E-state index in [1.165, 1.54) is 0 Å². The zero-order valence-corrected chi connectivity index (χ0v) is 11.9. The molecule has 0 amide bonds. The molecular formula is C14H20ClN3. The van der Waals surface area contributed by atoms with Crippen LogP contribution in [0.4, 0.5) is 5.95 Å². The Bertz CT molecular complexity index is 543. The lowest BCUT2D eigenvalue weighted by Gasteiger charge is -2.24. The van der Waals surface area contributed by atoms with Crippen molar-refractivity contribution in [3.63, 3.8) is 0 Å². The standard InChI is InChI=1S/C14H20ClN3/c1-4-10(5-2)9(3)18-13-11(15)7-6-8-12(13)17-14(18)16/h6-10H,4-5H2,1-3H3,(H2,16,17). The maximum absolute atomic E-state index is 6.29. The molecule has 0 bridgehead atoms. The second kappa shape index (κ2) is 5.19. The molecule has 0 aliphatic heterocycles. The first-order valence-corrected chi connectivity index (χ1v) is 6.89. The Morgan fingerprint density at radius 1 is 1.33 bits per heavy atom. The van der Waals surface area contributed by atoms with Crippen LogP contribution in [-0.2, 0) is 0 Å². The number of anilines is 1. The number of nitrogen functional groups attached to an aromatic ring is 1. The Kier molecular flexibility index (Phi) is 3.81. The van der Waals surface area contributed by atoms with Crippen LogP contribution < -0.4 is 5.73 Å². The van der Waals surface area contributed by atoms with E-state index in [0.717, 1.165) is 28.9 Å². The SMILES string of the molecule is CCC(CC)C(C)n1c(N)nc2cccc(Cl)c21. The molecule has 1 heterocycles. The largest absolute Gasteiger partial charge is 0.369 e. The number of nitrogens with two attached hydrogens (primary N) is 1. The van der Waals surface area contributed by atoms with Crippen LogP contribution in [0.1, 0.15) is 39.7 Å². The van der Waals surface area contributed by atoms with Crippen LogP contribution in [0.3, 0.4) is 0 Å². The van der Waals surface area contributed by atoms with Gasteiger partial charge in [-0.25, -0.2) is 4.98 Å². The minimum atomic E-state index is 0.310. The van der Waals surface area contributed by atoms with E-state index in [9.17, 15) is 0 Å². The maximum atomic E-state index is 6.29. The van der Waals surface area contributed by atoms with Gasteiger partial charge in [0.1, 0.15) is 0 Å². The van der Waals surface area contributed by atoms with Gasteiger partial charge >= 0.3 is 0 Å². The zero-order chi connectivity index (χ0) is 13.3. The van der Waals surface area contributed by atoms with Crippen LogP contribution >= 0.6 is 11.6 Å². The van der Waals surface area contributed by atoms with Crippen LogP contribution in [0, 0.1) is 5.92 Å². The van der Waals surface area contributed by atoms with Crippen molar-refractivity contribution in [2.24, 2.45) is 5.92 Å². The summed E-state index contributed by atoms with van der Waals surface area (Å²) in [5.74, 6) is 1.14. The molecule has 0 aliphatic rings. The first-order chi connectivity index (χ1) is 8.60. The van der Waals surface area contributed by atoms with E-state index >= 15 is 0 Å². The van der Waals surface area contributed by atoms with Crippen molar-refractivity contribution >= 4 is 28.6 Å². The van der Waals surface area contributed by atoms with Gasteiger partial charge in [0.05, 0.1) is 16.1 Å². The summed E-state index contributed by atoms with van der Waals surface area (Å²) in [6.45, 7) is 6.61. The van der Waals surface area contributed by atoms with Crippen LogP contribution in [0.15, 0.2) is 18.2 Å². The number of aromatic nitrogens is 2. The average Bonchev–Trinajstić information content (AvgIpc) is 2.68. The predicted octanol–water partition coefficient (Wildman–Crippen LogP) is 4.27. The summed E-state index contributed by atoms with van der Waals surface area (Å²) in [5.41, 5.74) is 7.89. The fourth-order valence-corrected chi connectivity index (χ4v) is 2.98. The van der Waals surface area contributed by atoms with Crippen molar-refractivity contribution in [3.8, 4) is 0 Å². The highest BCUT2D eigenvalue weighted by atomic mass is 35.5. The van der Waals surface area contributed by atoms with E-state index in [2.05, 4.69) is 30.3 Å². The Hall–Kier alpha value is -1.22. The summed E-state index contributed by atoms with van der Waals surface area (Å²) in [4.78, 5) is 4.40. The number of nitrogens with zero attached hydrogens (tertiary/aromatic N) is 2. The number of fused-ring (bicyclic) bond motifs is 1. The molecule has 4 heteroatoms. The minimum Gasteiger partial charge on any atom is -0.369 e. The predicted molar refractivity (Wildman–Crippen MR) is 77.9 cm³/mol. The van der Waals surface area contributed by atoms with Gasteiger partial charge in [0.2, 0.25) is 5.95 Å². The molecule has 0 aliphatic carbocycles. The van der Waals surface area contributed by atoms with Crippen LogP contribution in [0.5, 0.6) is 0 Å². The second-order valence-electron chi connectivity index (χ2n) is 4.76. The quantitative estimate of drug-likeness (QED) is 0.897. The number of rotatable bonds is 4. The molecule has 0 saturated carbocycles. The van der Waals surface area contributed by atoms with Crippen molar-refractivity contribution < 1.29 is 0 Å². The molecule has 3 nitrogen and oxygen atoms in total. The summed E-state index contributed by atoms with van der Waals surface area (Å²) < 4.78 is 2.08. The van der Waals surface area contributed by atoms with E-state index in [0.29, 0.717) is 17.9 Å². The van der Waals surface area contributed by atoms with Crippen molar-refractivity contribution in [1.82, 2.24) is 9.55 Å². The van der Waals surface area contributed by atoms with Crippen LogP contribution in [0.2, 0.25) is 5.02 Å². The van der Waals surface area contributed by atoms with Crippen molar-refractivity contribution in [2.45, 2.75) is 39.7 Å². The van der Waals surface area contributed by atoms with E-state index in [4.69, 9.17) is 17.3 Å². The molecule has 2 rings (SSSR count). The van der Waals surface area contributed by atoms with E-state index < -0.39 is 0 Å². The third-order valence-corrected chi connectivity index (χ3v) is 4.13. The highest BCUT2D eigenvalue weighted by Gasteiger charge is 2.21. The van der Waals surface area contributed by atoms with Gasteiger partial charge in [0.25, 0.3) is 0 Å². The fourth-order valence-electron chi connectivity index (χ4n) is 2.72. The monoisotopic (exact) mass is 265 g/mol. The average molecular weight is 266 g/mol. The third kappa shape index (κ3) is 2.07. The van der Waals surface area contributed by atoms with Crippen molar-refractivity contribution in [3.05, 3.63) is 23.2 Å². The normalized spacial score (nSPS) is 13.4. The fraction of sp³-hybridized carbons (Fsp3) is 0.500. The van der Waals surface area contributed by atoms with E-state index in [1.54, 1.807) is 0 Å². The molecule has 0 radical (unpaired) electrons. The summed E-state index contributed by atoms with van der Waals surface area (Å²) in [6.07, 6.45) is 2.25. The number of para-hydroxylation sites is 1. The van der Waals surface area contributed by atoms with E-state index in [-0.39, 0.29) is 0 Å². The Morgan fingerprint density at radius 3 is 2.61 bits per heavy atom. The molecule has 0 saturated heterocycles. The van der Waals surface area contributed by atoms with Gasteiger partial charge < -0.3 is 10.3 Å². The molecule has 2 aromatic rings. The molecular weight excluding hydrogens is 246 g/mol. The number of halogens is 1. The first kappa shape index (κ1) is 13.2. The van der Waals surface area contributed by atoms with Crippen LogP contribution in [-0.4, -0.2) is 9.55 Å². The van der Waals surface area contributed by atoms with Crippen molar-refractivity contribution in [1.29, 1.82) is 0 Å². The van der Waals surface area contributed by atoms with Crippen LogP contribution in [0.25, 0.3) is 11.0 Å². The minimum absolute atomic E-state index is 0.310. The smallest absolute Gasteiger partial charge is 0.201 e. The molecule has 2 N–H and O–H groups in total. The summed E-state index contributed by atoms with van der Waals surface area (Å²) in [7, 11) is 0. The summed E-state index contributed by atoms with van der Waals surface area (Å²) in [5, 5.41) is 0.717. The lowest BCUT2D eigenvalue weighted by Crippen LogP contribution is -2.17. The summed E-state index contributed by atoms with van der Waals surface area (Å²) >= 11 is 6.29. The number of benzene rings is 1. The Morgan fingerprint density at radius 2 is 2.00 bits per heavy atom. The van der Waals surface area contributed by atoms with Gasteiger partial charge in [0.15, 0.2) is 0 Å². The van der Waals surface area contributed by atoms with Gasteiger partial charge in [-0.05, 0) is 25.0 Å². The number of imidazole rings is 1. The first-order valence-electron chi connectivity index (χ1n) is 6.52. The molecule has 98 valence electrons. The summed E-state index contributed by atoms with van der Waals surface area (Å²) in [6, 6.07) is 6.06. The zero-order valence-electron chi connectivity index (χ0n) is 11.2. The number of hydrogen-bond donors (Lipinski definition) is 1. The molecule has 0 spiro atoms. The molecule has 0 fully saturated rings. The lowest BCUT2D eigenvalue weighted by atomic mass is 9.95. The van der Waals surface area contributed by atoms with Gasteiger partial charge in [-0.3, -0.25) is 0 Å². The molecule has 1 unspecified atom stereocenters. The Balaban J connectivity index is 2.59. The van der Waals surface area contributed by atoms with E-state index in [1.807, 2.05) is 18.2 Å². The van der Waals surface area contributed by atoms with Crippen molar-refractivity contribution in [2.75, 3.05) is 5.73 Å².